The standard InChI is InChI=1S/C22H29F3N2O3/c1-29-16-6-4-15(5-7-16)18-13-20(22(23,24)25)21(26,14-19(18)28)9-11-27-10-8-17-3-2-12-30-17/h2-7,12,18-20,27-28H,8-11,13-14,26H2,1H3/t18?,19-,20?,21?/m1/s1. The molecule has 4 N–H and O–H groups in total. The van der Waals surface area contributed by atoms with Crippen LogP contribution in [0.4, 0.5) is 13.2 Å². The number of halogens is 3. The topological polar surface area (TPSA) is 80.7 Å². The van der Waals surface area contributed by atoms with E-state index in [1.54, 1.807) is 36.6 Å². The van der Waals surface area contributed by atoms with Crippen molar-refractivity contribution in [1.29, 1.82) is 0 Å². The second kappa shape index (κ2) is 9.41. The Morgan fingerprint density at radius 3 is 2.57 bits per heavy atom. The Labute approximate surface area is 174 Å². The largest absolute Gasteiger partial charge is 0.497 e. The maximum atomic E-state index is 13.9. The number of hydrogen-bond acceptors (Lipinski definition) is 5. The van der Waals surface area contributed by atoms with Crippen molar-refractivity contribution in [3.63, 3.8) is 0 Å². The summed E-state index contributed by atoms with van der Waals surface area (Å²) in [5, 5.41) is 13.8. The third-order valence-electron chi connectivity index (χ3n) is 6.07. The molecule has 0 amide bonds. The fourth-order valence-corrected chi connectivity index (χ4v) is 4.38. The Balaban J connectivity index is 1.64. The van der Waals surface area contributed by atoms with Crippen LogP contribution in [0.2, 0.25) is 0 Å². The molecule has 0 radical (unpaired) electrons. The van der Waals surface area contributed by atoms with E-state index in [0.717, 1.165) is 5.76 Å². The summed E-state index contributed by atoms with van der Waals surface area (Å²) < 4.78 is 52.1. The first-order chi connectivity index (χ1) is 14.2. The van der Waals surface area contributed by atoms with E-state index < -0.39 is 29.7 Å². The lowest BCUT2D eigenvalue weighted by atomic mass is 9.64. The van der Waals surface area contributed by atoms with Crippen molar-refractivity contribution in [2.24, 2.45) is 11.7 Å². The minimum absolute atomic E-state index is 0.103. The molecule has 1 aromatic carbocycles. The molecular formula is C22H29F3N2O3. The fraction of sp³-hybridized carbons (Fsp3) is 0.545. The number of nitrogens with two attached hydrogens (primary N) is 1. The highest BCUT2D eigenvalue weighted by molar-refractivity contribution is 5.31. The lowest BCUT2D eigenvalue weighted by molar-refractivity contribution is -0.209. The minimum atomic E-state index is -4.44. The number of alkyl halides is 3. The Kier molecular flexibility index (Phi) is 7.10. The molecule has 30 heavy (non-hydrogen) atoms. The van der Waals surface area contributed by atoms with E-state index in [2.05, 4.69) is 5.32 Å². The van der Waals surface area contributed by atoms with Crippen molar-refractivity contribution in [2.75, 3.05) is 20.2 Å². The van der Waals surface area contributed by atoms with Crippen LogP contribution in [0.3, 0.4) is 0 Å². The van der Waals surface area contributed by atoms with Gasteiger partial charge in [0.15, 0.2) is 0 Å². The third kappa shape index (κ3) is 5.36. The summed E-state index contributed by atoms with van der Waals surface area (Å²) in [6, 6.07) is 10.4. The van der Waals surface area contributed by atoms with Crippen LogP contribution in [0, 0.1) is 5.92 Å². The minimum Gasteiger partial charge on any atom is -0.497 e. The fourth-order valence-electron chi connectivity index (χ4n) is 4.38. The van der Waals surface area contributed by atoms with Gasteiger partial charge in [0.25, 0.3) is 0 Å². The zero-order valence-electron chi connectivity index (χ0n) is 17.0. The molecule has 4 atom stereocenters. The molecule has 166 valence electrons. The molecule has 2 aromatic rings. The molecule has 5 nitrogen and oxygen atoms in total. The molecule has 0 aliphatic heterocycles. The lowest BCUT2D eigenvalue weighted by Crippen LogP contribution is -2.60. The average Bonchev–Trinajstić information content (AvgIpc) is 3.20. The Bertz CT molecular complexity index is 780. The molecule has 8 heteroatoms. The van der Waals surface area contributed by atoms with Crippen molar-refractivity contribution >= 4 is 0 Å². The molecule has 1 heterocycles. The monoisotopic (exact) mass is 426 g/mol. The van der Waals surface area contributed by atoms with Gasteiger partial charge in [0.1, 0.15) is 11.5 Å². The van der Waals surface area contributed by atoms with E-state index in [-0.39, 0.29) is 19.3 Å². The van der Waals surface area contributed by atoms with Crippen LogP contribution < -0.4 is 15.8 Å². The zero-order valence-corrected chi connectivity index (χ0v) is 17.0. The summed E-state index contributed by atoms with van der Waals surface area (Å²) in [7, 11) is 1.52. The number of nitrogens with one attached hydrogen (secondary N) is 1. The Hall–Kier alpha value is -2.03. The molecule has 1 aliphatic rings. The van der Waals surface area contributed by atoms with E-state index in [0.29, 0.717) is 30.8 Å². The molecule has 0 saturated heterocycles. The molecule has 3 rings (SSSR count). The smallest absolute Gasteiger partial charge is 0.393 e. The quantitative estimate of drug-likeness (QED) is 0.562. The van der Waals surface area contributed by atoms with Gasteiger partial charge in [-0.2, -0.15) is 13.2 Å². The van der Waals surface area contributed by atoms with E-state index in [1.807, 2.05) is 6.07 Å². The Morgan fingerprint density at radius 1 is 1.23 bits per heavy atom. The van der Waals surface area contributed by atoms with Gasteiger partial charge >= 0.3 is 6.18 Å². The molecule has 3 unspecified atom stereocenters. The normalized spacial score (nSPS) is 27.2. The van der Waals surface area contributed by atoms with Gasteiger partial charge in [-0.1, -0.05) is 12.1 Å². The average molecular weight is 426 g/mol. The molecular weight excluding hydrogens is 397 g/mol. The van der Waals surface area contributed by atoms with Crippen LogP contribution >= 0.6 is 0 Å². The first kappa shape index (κ1) is 22.7. The third-order valence-corrected chi connectivity index (χ3v) is 6.07. The van der Waals surface area contributed by atoms with Crippen LogP contribution in [0.25, 0.3) is 0 Å². The van der Waals surface area contributed by atoms with Crippen LogP contribution in [-0.2, 0) is 6.42 Å². The lowest BCUT2D eigenvalue weighted by Gasteiger charge is -2.47. The van der Waals surface area contributed by atoms with Gasteiger partial charge in [0, 0.05) is 24.4 Å². The highest BCUT2D eigenvalue weighted by Gasteiger charge is 2.56. The Morgan fingerprint density at radius 2 is 1.97 bits per heavy atom. The molecule has 0 spiro atoms. The number of ether oxygens (including phenoxy) is 1. The van der Waals surface area contributed by atoms with Gasteiger partial charge in [-0.25, -0.2) is 0 Å². The first-order valence-electron chi connectivity index (χ1n) is 10.1. The first-order valence-corrected chi connectivity index (χ1v) is 10.1. The highest BCUT2D eigenvalue weighted by Crippen LogP contribution is 2.49. The number of aliphatic hydroxyl groups is 1. The zero-order chi connectivity index (χ0) is 21.8. The van der Waals surface area contributed by atoms with Crippen LogP contribution in [-0.4, -0.2) is 43.1 Å². The maximum absolute atomic E-state index is 13.9. The summed E-state index contributed by atoms with van der Waals surface area (Å²) >= 11 is 0. The summed E-state index contributed by atoms with van der Waals surface area (Å²) in [6.45, 7) is 0.918. The summed E-state index contributed by atoms with van der Waals surface area (Å²) in [4.78, 5) is 0. The van der Waals surface area contributed by atoms with Crippen molar-refractivity contribution in [3.05, 3.63) is 54.0 Å². The SMILES string of the molecule is COc1ccc(C2CC(C(F)(F)F)C(N)(CCNCCc3ccco3)C[C@H]2O)cc1. The van der Waals surface area contributed by atoms with Crippen molar-refractivity contribution in [1.82, 2.24) is 5.32 Å². The second-order valence-electron chi connectivity index (χ2n) is 8.04. The van der Waals surface area contributed by atoms with Crippen molar-refractivity contribution < 1.29 is 27.4 Å². The summed E-state index contributed by atoms with van der Waals surface area (Å²) in [6.07, 6.45) is -3.36. The van der Waals surface area contributed by atoms with E-state index >= 15 is 0 Å². The number of benzene rings is 1. The van der Waals surface area contributed by atoms with Gasteiger partial charge in [-0.15, -0.1) is 0 Å². The van der Waals surface area contributed by atoms with Gasteiger partial charge in [0.2, 0.25) is 0 Å². The summed E-state index contributed by atoms with van der Waals surface area (Å²) in [5.41, 5.74) is 5.43. The maximum Gasteiger partial charge on any atom is 0.393 e. The molecule has 1 aliphatic carbocycles. The number of aliphatic hydroxyl groups excluding tert-OH is 1. The number of hydrogen-bond donors (Lipinski definition) is 3. The predicted molar refractivity (Wildman–Crippen MR) is 107 cm³/mol. The van der Waals surface area contributed by atoms with Crippen LogP contribution in [0.1, 0.15) is 36.5 Å². The molecule has 1 saturated carbocycles. The summed E-state index contributed by atoms with van der Waals surface area (Å²) in [5.74, 6) is -0.878. The van der Waals surface area contributed by atoms with E-state index in [4.69, 9.17) is 14.9 Å². The predicted octanol–water partition coefficient (Wildman–Crippen LogP) is 3.62. The second-order valence-corrected chi connectivity index (χ2v) is 8.04. The molecule has 1 fully saturated rings. The van der Waals surface area contributed by atoms with Crippen molar-refractivity contribution in [3.8, 4) is 5.75 Å². The van der Waals surface area contributed by atoms with Gasteiger partial charge in [0.05, 0.1) is 25.4 Å². The number of furan rings is 1. The van der Waals surface area contributed by atoms with Gasteiger partial charge in [-0.05, 0) is 55.6 Å². The van der Waals surface area contributed by atoms with Gasteiger partial charge < -0.3 is 25.3 Å². The van der Waals surface area contributed by atoms with E-state index in [1.165, 1.54) is 7.11 Å². The number of rotatable bonds is 8. The molecule has 0 bridgehead atoms. The van der Waals surface area contributed by atoms with Gasteiger partial charge in [-0.3, -0.25) is 0 Å². The number of methoxy groups -OCH3 is 1. The van der Waals surface area contributed by atoms with Crippen LogP contribution in [0.5, 0.6) is 5.75 Å². The van der Waals surface area contributed by atoms with E-state index in [9.17, 15) is 18.3 Å². The van der Waals surface area contributed by atoms with Crippen LogP contribution in [0.15, 0.2) is 47.1 Å². The van der Waals surface area contributed by atoms with Crippen molar-refractivity contribution in [2.45, 2.75) is 49.4 Å². The highest BCUT2D eigenvalue weighted by atomic mass is 19.4. The molecule has 1 aromatic heterocycles.